The molecule has 1 saturated heterocycles. The molecule has 30 heavy (non-hydrogen) atoms. The van der Waals surface area contributed by atoms with Crippen molar-refractivity contribution < 1.29 is 17.9 Å². The summed E-state index contributed by atoms with van der Waals surface area (Å²) in [6.45, 7) is 8.76. The number of sulfonamides is 1. The van der Waals surface area contributed by atoms with Crippen molar-refractivity contribution in [1.29, 1.82) is 0 Å². The molecule has 10 heteroatoms. The first-order valence-electron chi connectivity index (χ1n) is 9.90. The zero-order chi connectivity index (χ0) is 22.1. The summed E-state index contributed by atoms with van der Waals surface area (Å²) in [5.74, 6) is 0.335. The average Bonchev–Trinajstić information content (AvgIpc) is 3.01. The molecule has 0 bridgehead atoms. The van der Waals surface area contributed by atoms with Crippen molar-refractivity contribution in [2.45, 2.75) is 45.2 Å². The first kappa shape index (κ1) is 22.6. The topological polar surface area (TPSA) is 84.7 Å². The molecule has 8 nitrogen and oxygen atoms in total. The van der Waals surface area contributed by atoms with E-state index in [2.05, 4.69) is 5.10 Å². The highest BCUT2D eigenvalue weighted by atomic mass is 35.5. The number of nitrogens with zero attached hydrogens (tertiary/aromatic N) is 4. The number of piperazine rings is 1. The van der Waals surface area contributed by atoms with Crippen molar-refractivity contribution in [1.82, 2.24) is 19.0 Å². The van der Waals surface area contributed by atoms with Crippen molar-refractivity contribution in [2.24, 2.45) is 0 Å². The molecule has 1 aromatic carbocycles. The van der Waals surface area contributed by atoms with Gasteiger partial charge in [-0.3, -0.25) is 9.48 Å². The third-order valence-corrected chi connectivity index (χ3v) is 7.61. The van der Waals surface area contributed by atoms with Crippen LogP contribution in [0.4, 0.5) is 0 Å². The second-order valence-corrected chi connectivity index (χ2v) is 9.57. The average molecular weight is 455 g/mol. The van der Waals surface area contributed by atoms with Crippen molar-refractivity contribution in [3.05, 3.63) is 40.7 Å². The summed E-state index contributed by atoms with van der Waals surface area (Å²) < 4.78 is 35.2. The highest BCUT2D eigenvalue weighted by Crippen LogP contribution is 2.25. The fourth-order valence-electron chi connectivity index (χ4n) is 3.69. The van der Waals surface area contributed by atoms with E-state index < -0.39 is 16.1 Å². The second-order valence-electron chi connectivity index (χ2n) is 7.26. The number of halogens is 1. The van der Waals surface area contributed by atoms with Crippen LogP contribution >= 0.6 is 11.6 Å². The Morgan fingerprint density at radius 2 is 1.90 bits per heavy atom. The van der Waals surface area contributed by atoms with Crippen molar-refractivity contribution in [3.63, 3.8) is 0 Å². The summed E-state index contributed by atoms with van der Waals surface area (Å²) in [6.07, 6.45) is -0.695. The van der Waals surface area contributed by atoms with Crippen LogP contribution in [0.15, 0.2) is 29.2 Å². The Kier molecular flexibility index (Phi) is 6.74. The quantitative estimate of drug-likeness (QED) is 0.669. The van der Waals surface area contributed by atoms with E-state index in [1.807, 2.05) is 6.92 Å². The van der Waals surface area contributed by atoms with Gasteiger partial charge in [-0.15, -0.1) is 0 Å². The summed E-state index contributed by atoms with van der Waals surface area (Å²) >= 11 is 5.96. The van der Waals surface area contributed by atoms with Gasteiger partial charge in [-0.05, 0) is 45.9 Å². The number of aryl methyl sites for hydroxylation is 2. The number of carbonyl (C=O) groups is 1. The van der Waals surface area contributed by atoms with E-state index in [1.165, 1.54) is 4.31 Å². The molecule has 1 fully saturated rings. The van der Waals surface area contributed by atoms with Gasteiger partial charge in [0.15, 0.2) is 6.10 Å². The maximum absolute atomic E-state index is 13.2. The van der Waals surface area contributed by atoms with Gasteiger partial charge >= 0.3 is 0 Å². The van der Waals surface area contributed by atoms with Crippen LogP contribution in [0.1, 0.15) is 25.2 Å². The predicted molar refractivity (Wildman–Crippen MR) is 114 cm³/mol. The van der Waals surface area contributed by atoms with E-state index >= 15 is 0 Å². The molecule has 1 aromatic heterocycles. The van der Waals surface area contributed by atoms with Crippen LogP contribution in [0.3, 0.4) is 0 Å². The summed E-state index contributed by atoms with van der Waals surface area (Å²) in [4.78, 5) is 14.7. The molecule has 1 atom stereocenters. The zero-order valence-corrected chi connectivity index (χ0v) is 19.2. The normalized spacial score (nSPS) is 16.5. The van der Waals surface area contributed by atoms with Gasteiger partial charge in [-0.2, -0.15) is 9.40 Å². The number of benzene rings is 1. The summed E-state index contributed by atoms with van der Waals surface area (Å²) in [5, 5.41) is 4.85. The molecule has 1 aliphatic rings. The molecule has 0 radical (unpaired) electrons. The summed E-state index contributed by atoms with van der Waals surface area (Å²) in [5.41, 5.74) is 1.13. The standard InChI is InChI=1S/C20H27ClN4O4S/c1-5-25-15(3)19(14(2)22-25)30(27,28)24-11-9-23(10-12-24)20(26)16(4)29-18-8-6-7-17(21)13-18/h6-8,13,16H,5,9-12H2,1-4H3/t16-/m1/s1. The van der Waals surface area contributed by atoms with E-state index in [1.54, 1.807) is 54.6 Å². The number of hydrogen-bond acceptors (Lipinski definition) is 5. The Labute approximate surface area is 182 Å². The smallest absolute Gasteiger partial charge is 0.263 e. The molecule has 0 unspecified atom stereocenters. The number of aromatic nitrogens is 2. The van der Waals surface area contributed by atoms with Gasteiger partial charge in [0.05, 0.1) is 11.4 Å². The summed E-state index contributed by atoms with van der Waals surface area (Å²) in [6, 6.07) is 6.87. The lowest BCUT2D eigenvalue weighted by atomic mass is 10.2. The minimum absolute atomic E-state index is 0.182. The van der Waals surface area contributed by atoms with Gasteiger partial charge in [0.1, 0.15) is 10.6 Å². The van der Waals surface area contributed by atoms with Crippen LogP contribution in [0.5, 0.6) is 5.75 Å². The number of ether oxygens (including phenoxy) is 1. The first-order valence-corrected chi connectivity index (χ1v) is 11.7. The molecule has 1 amide bonds. The Hall–Kier alpha value is -2.10. The molecule has 0 spiro atoms. The molecular formula is C20H27ClN4O4S. The lowest BCUT2D eigenvalue weighted by molar-refractivity contribution is -0.139. The molecule has 164 valence electrons. The van der Waals surface area contributed by atoms with Crippen LogP contribution in [0.2, 0.25) is 5.02 Å². The lowest BCUT2D eigenvalue weighted by Crippen LogP contribution is -2.53. The number of amides is 1. The molecule has 2 heterocycles. The van der Waals surface area contributed by atoms with Gasteiger partial charge in [-0.1, -0.05) is 17.7 Å². The number of hydrogen-bond donors (Lipinski definition) is 0. The minimum Gasteiger partial charge on any atom is -0.481 e. The molecule has 0 aliphatic carbocycles. The molecule has 3 rings (SSSR count). The highest BCUT2D eigenvalue weighted by molar-refractivity contribution is 7.89. The maximum atomic E-state index is 13.2. The number of rotatable bonds is 6. The van der Waals surface area contributed by atoms with E-state index in [0.29, 0.717) is 41.8 Å². The van der Waals surface area contributed by atoms with Crippen LogP contribution in [-0.4, -0.2) is 65.6 Å². The van der Waals surface area contributed by atoms with Crippen molar-refractivity contribution in [3.8, 4) is 5.75 Å². The lowest BCUT2D eigenvalue weighted by Gasteiger charge is -2.35. The predicted octanol–water partition coefficient (Wildman–Crippen LogP) is 2.47. The largest absolute Gasteiger partial charge is 0.481 e. The molecule has 1 aliphatic heterocycles. The van der Waals surface area contributed by atoms with Crippen LogP contribution in [0, 0.1) is 13.8 Å². The molecule has 0 N–H and O–H groups in total. The highest BCUT2D eigenvalue weighted by Gasteiger charge is 2.35. The van der Waals surface area contributed by atoms with E-state index in [9.17, 15) is 13.2 Å². The Morgan fingerprint density at radius 1 is 1.23 bits per heavy atom. The fourth-order valence-corrected chi connectivity index (χ4v) is 5.67. The Bertz CT molecular complexity index is 1030. The van der Waals surface area contributed by atoms with Gasteiger partial charge < -0.3 is 9.64 Å². The van der Waals surface area contributed by atoms with E-state index in [0.717, 1.165) is 0 Å². The second kappa shape index (κ2) is 8.95. The Morgan fingerprint density at radius 3 is 2.47 bits per heavy atom. The SMILES string of the molecule is CCn1nc(C)c(S(=O)(=O)N2CCN(C(=O)[C@@H](C)Oc3cccc(Cl)c3)CC2)c1C. The van der Waals surface area contributed by atoms with E-state index in [-0.39, 0.29) is 23.9 Å². The van der Waals surface area contributed by atoms with E-state index in [4.69, 9.17) is 16.3 Å². The van der Waals surface area contributed by atoms with Gasteiger partial charge in [0.2, 0.25) is 10.0 Å². The third kappa shape index (κ3) is 4.48. The third-order valence-electron chi connectivity index (χ3n) is 5.22. The van der Waals surface area contributed by atoms with Gasteiger partial charge in [-0.25, -0.2) is 8.42 Å². The molecular weight excluding hydrogens is 428 g/mol. The van der Waals surface area contributed by atoms with Crippen LogP contribution < -0.4 is 4.74 Å². The Balaban J connectivity index is 1.65. The molecule has 2 aromatic rings. The van der Waals surface area contributed by atoms with Crippen molar-refractivity contribution in [2.75, 3.05) is 26.2 Å². The zero-order valence-electron chi connectivity index (χ0n) is 17.6. The van der Waals surface area contributed by atoms with Crippen LogP contribution in [0.25, 0.3) is 0 Å². The summed E-state index contributed by atoms with van der Waals surface area (Å²) in [7, 11) is -3.67. The van der Waals surface area contributed by atoms with Crippen molar-refractivity contribution >= 4 is 27.5 Å². The van der Waals surface area contributed by atoms with Gasteiger partial charge in [0, 0.05) is 37.7 Å². The maximum Gasteiger partial charge on any atom is 0.263 e. The monoisotopic (exact) mass is 454 g/mol. The molecule has 0 saturated carbocycles. The van der Waals surface area contributed by atoms with Crippen LogP contribution in [-0.2, 0) is 21.4 Å². The first-order chi connectivity index (χ1) is 14.1. The van der Waals surface area contributed by atoms with Gasteiger partial charge in [0.25, 0.3) is 5.91 Å². The number of carbonyl (C=O) groups excluding carboxylic acids is 1. The fraction of sp³-hybridized carbons (Fsp3) is 0.500. The minimum atomic E-state index is -3.67.